The minimum Gasteiger partial charge on any atom is -0.256 e. The van der Waals surface area contributed by atoms with Crippen LogP contribution in [-0.4, -0.2) is 6.21 Å². The van der Waals surface area contributed by atoms with Gasteiger partial charge < -0.3 is 0 Å². The summed E-state index contributed by atoms with van der Waals surface area (Å²) < 4.78 is 1.06. The van der Waals surface area contributed by atoms with Gasteiger partial charge in [-0.1, -0.05) is 45.7 Å². The molecule has 0 fully saturated rings. The predicted molar refractivity (Wildman–Crippen MR) is 72.8 cm³/mol. The average molecular weight is 295 g/mol. The van der Waals surface area contributed by atoms with Gasteiger partial charge in [0.05, 0.1) is 5.69 Å². The smallest absolute Gasteiger partial charge is 0.0644 e. The number of hydrogen-bond acceptors (Lipinski definition) is 1. The molecule has 0 heterocycles. The molecule has 0 radical (unpaired) electrons. The molecule has 3 heteroatoms. The second kappa shape index (κ2) is 5.28. The number of rotatable bonds is 2. The van der Waals surface area contributed by atoms with Crippen molar-refractivity contribution in [3.63, 3.8) is 0 Å². The molecule has 0 amide bonds. The summed E-state index contributed by atoms with van der Waals surface area (Å²) in [6.07, 6.45) is 1.82. The standard InChI is InChI=1S/C13H9BrClN/c14-11-6-4-10(5-7-11)9-16-13-3-1-2-12(15)8-13/h1-9H. The van der Waals surface area contributed by atoms with Crippen molar-refractivity contribution in [1.29, 1.82) is 0 Å². The van der Waals surface area contributed by atoms with Crippen molar-refractivity contribution in [2.45, 2.75) is 0 Å². The lowest BCUT2D eigenvalue weighted by Gasteiger charge is -1.95. The number of hydrogen-bond donors (Lipinski definition) is 0. The molecule has 80 valence electrons. The largest absolute Gasteiger partial charge is 0.256 e. The van der Waals surface area contributed by atoms with Crippen LogP contribution in [-0.2, 0) is 0 Å². The number of halogens is 2. The minimum atomic E-state index is 0.699. The van der Waals surface area contributed by atoms with Crippen LogP contribution in [0.4, 0.5) is 5.69 Å². The zero-order valence-corrected chi connectivity index (χ0v) is 10.7. The first-order valence-electron chi connectivity index (χ1n) is 4.79. The summed E-state index contributed by atoms with van der Waals surface area (Å²) in [5.41, 5.74) is 1.92. The second-order valence-electron chi connectivity index (χ2n) is 3.29. The van der Waals surface area contributed by atoms with Gasteiger partial charge >= 0.3 is 0 Å². The Bertz CT molecular complexity index is 506. The van der Waals surface area contributed by atoms with Crippen LogP contribution in [0.1, 0.15) is 5.56 Å². The van der Waals surface area contributed by atoms with E-state index in [0.717, 1.165) is 15.7 Å². The first-order chi connectivity index (χ1) is 7.74. The molecule has 0 spiro atoms. The molecule has 16 heavy (non-hydrogen) atoms. The summed E-state index contributed by atoms with van der Waals surface area (Å²) in [6, 6.07) is 15.4. The van der Waals surface area contributed by atoms with Crippen molar-refractivity contribution in [2.24, 2.45) is 4.99 Å². The van der Waals surface area contributed by atoms with Crippen molar-refractivity contribution in [1.82, 2.24) is 0 Å². The van der Waals surface area contributed by atoms with Gasteiger partial charge in [-0.2, -0.15) is 0 Å². The molecule has 0 saturated heterocycles. The van der Waals surface area contributed by atoms with Gasteiger partial charge in [0.25, 0.3) is 0 Å². The van der Waals surface area contributed by atoms with Crippen LogP contribution in [0.5, 0.6) is 0 Å². The molecule has 0 bridgehead atoms. The molecular formula is C13H9BrClN. The lowest BCUT2D eigenvalue weighted by molar-refractivity contribution is 1.52. The van der Waals surface area contributed by atoms with Crippen LogP contribution in [0, 0.1) is 0 Å². The fourth-order valence-electron chi connectivity index (χ4n) is 1.25. The summed E-state index contributed by atoms with van der Waals surface area (Å²) in [4.78, 5) is 4.34. The molecular weight excluding hydrogens is 286 g/mol. The molecule has 0 aliphatic carbocycles. The Labute approximate surface area is 108 Å². The Morgan fingerprint density at radius 2 is 1.81 bits per heavy atom. The summed E-state index contributed by atoms with van der Waals surface area (Å²) in [6.45, 7) is 0. The van der Waals surface area contributed by atoms with Gasteiger partial charge in [0.1, 0.15) is 0 Å². The molecule has 0 saturated carbocycles. The van der Waals surface area contributed by atoms with Crippen molar-refractivity contribution in [2.75, 3.05) is 0 Å². The van der Waals surface area contributed by atoms with Gasteiger partial charge in [-0.25, -0.2) is 0 Å². The first kappa shape index (κ1) is 11.4. The highest BCUT2D eigenvalue weighted by Crippen LogP contribution is 2.18. The number of benzene rings is 2. The Balaban J connectivity index is 2.18. The van der Waals surface area contributed by atoms with E-state index in [1.165, 1.54) is 0 Å². The van der Waals surface area contributed by atoms with Crippen LogP contribution in [0.3, 0.4) is 0 Å². The molecule has 2 aromatic carbocycles. The van der Waals surface area contributed by atoms with Gasteiger partial charge in [0.2, 0.25) is 0 Å². The van der Waals surface area contributed by atoms with E-state index < -0.39 is 0 Å². The van der Waals surface area contributed by atoms with Gasteiger partial charge in [-0.15, -0.1) is 0 Å². The molecule has 0 aliphatic heterocycles. The van der Waals surface area contributed by atoms with Gasteiger partial charge in [0, 0.05) is 15.7 Å². The normalized spacial score (nSPS) is 10.9. The molecule has 1 nitrogen and oxygen atoms in total. The third kappa shape index (κ3) is 3.19. The molecule has 0 aliphatic rings. The van der Waals surface area contributed by atoms with Crippen molar-refractivity contribution < 1.29 is 0 Å². The van der Waals surface area contributed by atoms with E-state index in [2.05, 4.69) is 20.9 Å². The lowest BCUT2D eigenvalue weighted by Crippen LogP contribution is -1.78. The summed E-state index contributed by atoms with van der Waals surface area (Å²) >= 11 is 9.26. The van der Waals surface area contributed by atoms with E-state index in [1.807, 2.05) is 54.7 Å². The average Bonchev–Trinajstić information content (AvgIpc) is 2.28. The zero-order valence-electron chi connectivity index (χ0n) is 8.40. The summed E-state index contributed by atoms with van der Waals surface area (Å²) in [5.74, 6) is 0. The van der Waals surface area contributed by atoms with E-state index >= 15 is 0 Å². The zero-order chi connectivity index (χ0) is 11.4. The van der Waals surface area contributed by atoms with Crippen molar-refractivity contribution in [3.8, 4) is 0 Å². The van der Waals surface area contributed by atoms with Crippen LogP contribution < -0.4 is 0 Å². The van der Waals surface area contributed by atoms with Gasteiger partial charge in [0.15, 0.2) is 0 Å². The first-order valence-corrected chi connectivity index (χ1v) is 5.96. The monoisotopic (exact) mass is 293 g/mol. The Morgan fingerprint density at radius 1 is 1.06 bits per heavy atom. The quantitative estimate of drug-likeness (QED) is 0.702. The Morgan fingerprint density at radius 3 is 2.50 bits per heavy atom. The van der Waals surface area contributed by atoms with Gasteiger partial charge in [-0.3, -0.25) is 4.99 Å². The maximum atomic E-state index is 5.87. The van der Waals surface area contributed by atoms with Crippen molar-refractivity contribution in [3.05, 3.63) is 63.6 Å². The Hall–Kier alpha value is -1.12. The summed E-state index contributed by atoms with van der Waals surface area (Å²) in [7, 11) is 0. The summed E-state index contributed by atoms with van der Waals surface area (Å²) in [5, 5.41) is 0.699. The fourth-order valence-corrected chi connectivity index (χ4v) is 1.70. The second-order valence-corrected chi connectivity index (χ2v) is 4.64. The predicted octanol–water partition coefficient (Wildman–Crippen LogP) is 4.85. The van der Waals surface area contributed by atoms with Crippen LogP contribution >= 0.6 is 27.5 Å². The van der Waals surface area contributed by atoms with E-state index in [4.69, 9.17) is 11.6 Å². The van der Waals surface area contributed by atoms with Crippen LogP contribution in [0.25, 0.3) is 0 Å². The van der Waals surface area contributed by atoms with Crippen LogP contribution in [0.2, 0.25) is 5.02 Å². The van der Waals surface area contributed by atoms with E-state index in [-0.39, 0.29) is 0 Å². The van der Waals surface area contributed by atoms with E-state index in [0.29, 0.717) is 5.02 Å². The third-order valence-corrected chi connectivity index (χ3v) is 2.80. The molecule has 0 aromatic heterocycles. The lowest BCUT2D eigenvalue weighted by atomic mass is 10.2. The molecule has 0 N–H and O–H groups in total. The third-order valence-electron chi connectivity index (χ3n) is 2.04. The molecule has 2 aromatic rings. The maximum Gasteiger partial charge on any atom is 0.0644 e. The number of nitrogens with zero attached hydrogens (tertiary/aromatic N) is 1. The van der Waals surface area contributed by atoms with Crippen LogP contribution in [0.15, 0.2) is 58.0 Å². The van der Waals surface area contributed by atoms with Gasteiger partial charge in [-0.05, 0) is 35.9 Å². The molecule has 2 rings (SSSR count). The number of aliphatic imine (C=N–C) groups is 1. The maximum absolute atomic E-state index is 5.87. The van der Waals surface area contributed by atoms with E-state index in [1.54, 1.807) is 0 Å². The highest BCUT2D eigenvalue weighted by atomic mass is 79.9. The Kier molecular flexibility index (Phi) is 3.75. The fraction of sp³-hybridized carbons (Fsp3) is 0. The minimum absolute atomic E-state index is 0.699. The molecule has 0 unspecified atom stereocenters. The topological polar surface area (TPSA) is 12.4 Å². The highest BCUT2D eigenvalue weighted by Gasteiger charge is 1.91. The SMILES string of the molecule is Clc1cccc(N=Cc2ccc(Br)cc2)c1. The molecule has 0 atom stereocenters. The highest BCUT2D eigenvalue weighted by molar-refractivity contribution is 9.10. The van der Waals surface area contributed by atoms with E-state index in [9.17, 15) is 0 Å². The van der Waals surface area contributed by atoms with Crippen molar-refractivity contribution >= 4 is 39.4 Å².